The number of anilines is 6. The van der Waals surface area contributed by atoms with E-state index in [0.717, 1.165) is 133 Å². The van der Waals surface area contributed by atoms with Gasteiger partial charge in [-0.25, -0.2) is 0 Å². The third-order valence-corrected chi connectivity index (χ3v) is 16.5. The average molecular weight is 1040 g/mol. The zero-order valence-corrected chi connectivity index (χ0v) is 44.3. The summed E-state index contributed by atoms with van der Waals surface area (Å²) in [6.45, 7) is 4.30. The fraction of sp³-hybridized carbons (Fsp3) is 0.0270. The molecule has 0 bridgehead atoms. The van der Waals surface area contributed by atoms with Crippen LogP contribution in [0.25, 0.3) is 121 Å². The van der Waals surface area contributed by atoms with Gasteiger partial charge in [0.25, 0.3) is 0 Å². The molecule has 0 atom stereocenters. The predicted molar refractivity (Wildman–Crippen MR) is 336 cm³/mol. The minimum Gasteiger partial charge on any atom is -0.456 e. The third kappa shape index (κ3) is 6.88. The van der Waals surface area contributed by atoms with Crippen LogP contribution in [-0.2, 0) is 0 Å². The summed E-state index contributed by atoms with van der Waals surface area (Å²) in [7, 11) is 0. The summed E-state index contributed by atoms with van der Waals surface area (Å²) in [5, 5.41) is 10.7. The van der Waals surface area contributed by atoms with Crippen molar-refractivity contribution >= 4 is 144 Å². The van der Waals surface area contributed by atoms with Crippen molar-refractivity contribution in [2.24, 2.45) is 0 Å². The van der Waals surface area contributed by atoms with Gasteiger partial charge < -0.3 is 32.2 Å². The highest BCUT2D eigenvalue weighted by Crippen LogP contribution is 2.48. The van der Waals surface area contributed by atoms with Crippen LogP contribution < -0.4 is 9.80 Å². The Labute approximate surface area is 464 Å². The van der Waals surface area contributed by atoms with Crippen molar-refractivity contribution in [1.29, 1.82) is 0 Å². The van der Waals surface area contributed by atoms with E-state index in [-0.39, 0.29) is 0 Å². The van der Waals surface area contributed by atoms with Crippen molar-refractivity contribution in [3.8, 4) is 11.4 Å². The van der Waals surface area contributed by atoms with E-state index in [1.165, 1.54) is 32.7 Å². The lowest BCUT2D eigenvalue weighted by molar-refractivity contribution is 0.662. The first kappa shape index (κ1) is 45.3. The van der Waals surface area contributed by atoms with Crippen molar-refractivity contribution in [2.45, 2.75) is 13.8 Å². The summed E-state index contributed by atoms with van der Waals surface area (Å²) in [5.74, 6) is 0. The number of nitrogens with zero attached hydrogens (tertiary/aromatic N) is 4. The fourth-order valence-corrected chi connectivity index (χ4v) is 13.0. The first-order chi connectivity index (χ1) is 40.0. The Bertz CT molecular complexity index is 5070. The number of fused-ring (bicyclic) bond motifs is 15. The molecule has 0 aliphatic heterocycles. The van der Waals surface area contributed by atoms with E-state index in [4.69, 9.17) is 13.3 Å². The molecule has 382 valence electrons. The van der Waals surface area contributed by atoms with Crippen LogP contribution in [0.4, 0.5) is 34.1 Å². The molecule has 5 aromatic heterocycles. The molecular weight excluding hydrogens is 993 g/mol. The molecule has 0 fully saturated rings. The zero-order valence-electron chi connectivity index (χ0n) is 44.3. The SMILES string of the molecule is Cc1cccc(-n2c3ccccc3c3c(N(c4ccccc4)c4ccc5c(c4)oc4cc6c(cc45)oc4cc5c(cc46)oc4cc(N(c6ccccc6)c6cccc7c6c6ccccc6n7-c6cccc(C)c6)ccc45)cccc32)c1. The molecule has 5 heterocycles. The maximum absolute atomic E-state index is 6.89. The molecule has 0 unspecified atom stereocenters. The highest BCUT2D eigenvalue weighted by molar-refractivity contribution is 6.21. The van der Waals surface area contributed by atoms with Crippen LogP contribution in [0.15, 0.2) is 268 Å². The molecule has 12 aromatic carbocycles. The van der Waals surface area contributed by atoms with Gasteiger partial charge in [0, 0.05) is 100 Å². The maximum atomic E-state index is 6.89. The van der Waals surface area contributed by atoms with E-state index in [1.54, 1.807) is 0 Å². The van der Waals surface area contributed by atoms with Gasteiger partial charge in [-0.2, -0.15) is 0 Å². The summed E-state index contributed by atoms with van der Waals surface area (Å²) >= 11 is 0. The summed E-state index contributed by atoms with van der Waals surface area (Å²) in [5.41, 5.74) is 20.3. The number of rotatable bonds is 8. The summed E-state index contributed by atoms with van der Waals surface area (Å²) in [4.78, 5) is 4.71. The summed E-state index contributed by atoms with van der Waals surface area (Å²) in [6.07, 6.45) is 0. The minimum atomic E-state index is 0.791. The number of para-hydroxylation sites is 4. The van der Waals surface area contributed by atoms with E-state index in [1.807, 2.05) is 0 Å². The molecule has 0 radical (unpaired) electrons. The van der Waals surface area contributed by atoms with Gasteiger partial charge >= 0.3 is 0 Å². The van der Waals surface area contributed by atoms with E-state index < -0.39 is 0 Å². The number of benzene rings is 12. The van der Waals surface area contributed by atoms with Crippen molar-refractivity contribution in [3.05, 3.63) is 266 Å². The van der Waals surface area contributed by atoms with Crippen LogP contribution in [0.1, 0.15) is 11.1 Å². The predicted octanol–water partition coefficient (Wildman–Crippen LogP) is 21.1. The maximum Gasteiger partial charge on any atom is 0.137 e. The molecule has 7 nitrogen and oxygen atoms in total. The van der Waals surface area contributed by atoms with Crippen molar-refractivity contribution in [2.75, 3.05) is 9.80 Å². The number of hydrogen-bond acceptors (Lipinski definition) is 5. The Morgan fingerprint density at radius 3 is 1.04 bits per heavy atom. The van der Waals surface area contributed by atoms with Crippen LogP contribution in [0.3, 0.4) is 0 Å². The van der Waals surface area contributed by atoms with Gasteiger partial charge in [-0.05, 0) is 158 Å². The lowest BCUT2D eigenvalue weighted by Gasteiger charge is -2.26. The summed E-state index contributed by atoms with van der Waals surface area (Å²) in [6, 6.07) is 91.1. The van der Waals surface area contributed by atoms with Gasteiger partial charge in [-0.15, -0.1) is 0 Å². The first-order valence-corrected chi connectivity index (χ1v) is 27.6. The standard InChI is InChI=1S/C74H48N4O3/c1-45-17-13-23-49(37-45)77-61-27-11-9-25-55(61)73-63(29-15-31-65(73)77)75(47-19-5-3-6-20-47)51-33-35-53-57-41-71-59(43-69(57)79-67(53)39-51)60-44-70-58(42-72(60)81-71)54-36-34-52(40-68(54)80-70)76(48-21-7-4-8-22-48)64-30-16-32-66-74(64)56-26-10-12-28-62(56)78(66)50-24-14-18-46(2)38-50/h3-44H,1-2H3. The lowest BCUT2D eigenvalue weighted by atomic mass is 10.1. The quantitative estimate of drug-likeness (QED) is 0.152. The van der Waals surface area contributed by atoms with E-state index in [9.17, 15) is 0 Å². The normalized spacial score (nSPS) is 12.1. The molecule has 0 amide bonds. The molecule has 0 spiro atoms. The van der Waals surface area contributed by atoms with Crippen LogP contribution >= 0.6 is 0 Å². The lowest BCUT2D eigenvalue weighted by Crippen LogP contribution is -2.10. The minimum absolute atomic E-state index is 0.791. The Kier molecular flexibility index (Phi) is 9.71. The van der Waals surface area contributed by atoms with Gasteiger partial charge in [0.05, 0.1) is 33.4 Å². The second kappa shape index (κ2) is 17.4. The largest absolute Gasteiger partial charge is 0.456 e. The molecule has 0 aliphatic rings. The highest BCUT2D eigenvalue weighted by Gasteiger charge is 2.25. The molecule has 17 aromatic rings. The van der Waals surface area contributed by atoms with Crippen LogP contribution in [0.5, 0.6) is 0 Å². The van der Waals surface area contributed by atoms with Crippen LogP contribution in [0.2, 0.25) is 0 Å². The highest BCUT2D eigenvalue weighted by atomic mass is 16.3. The molecule has 0 N–H and O–H groups in total. The molecular formula is C74H48N4O3. The van der Waals surface area contributed by atoms with Gasteiger partial charge in [-0.1, -0.05) is 109 Å². The number of aromatic nitrogens is 2. The van der Waals surface area contributed by atoms with Crippen molar-refractivity contribution in [1.82, 2.24) is 9.13 Å². The number of hydrogen-bond donors (Lipinski definition) is 0. The third-order valence-electron chi connectivity index (χ3n) is 16.5. The topological polar surface area (TPSA) is 55.8 Å². The smallest absolute Gasteiger partial charge is 0.137 e. The van der Waals surface area contributed by atoms with Gasteiger partial charge in [-0.3, -0.25) is 0 Å². The Morgan fingerprint density at radius 2 is 0.617 bits per heavy atom. The average Bonchev–Trinajstić information content (AvgIpc) is 4.48. The van der Waals surface area contributed by atoms with Crippen LogP contribution in [-0.4, -0.2) is 9.13 Å². The molecule has 0 aliphatic carbocycles. The molecule has 81 heavy (non-hydrogen) atoms. The fourth-order valence-electron chi connectivity index (χ4n) is 13.0. The number of furan rings is 3. The Hall–Kier alpha value is -10.8. The monoisotopic (exact) mass is 1040 g/mol. The first-order valence-electron chi connectivity index (χ1n) is 27.6. The summed E-state index contributed by atoms with van der Waals surface area (Å²) < 4.78 is 25.3. The second-order valence-corrected chi connectivity index (χ2v) is 21.4. The zero-order chi connectivity index (χ0) is 53.4. The molecule has 0 saturated heterocycles. The van der Waals surface area contributed by atoms with E-state index in [0.29, 0.717) is 0 Å². The van der Waals surface area contributed by atoms with E-state index >= 15 is 0 Å². The van der Waals surface area contributed by atoms with Crippen molar-refractivity contribution in [3.63, 3.8) is 0 Å². The van der Waals surface area contributed by atoms with Gasteiger partial charge in [0.15, 0.2) is 0 Å². The molecule has 0 saturated carbocycles. The van der Waals surface area contributed by atoms with E-state index in [2.05, 4.69) is 288 Å². The Balaban J connectivity index is 0.781. The van der Waals surface area contributed by atoms with Gasteiger partial charge in [0.2, 0.25) is 0 Å². The van der Waals surface area contributed by atoms with Crippen molar-refractivity contribution < 1.29 is 13.3 Å². The van der Waals surface area contributed by atoms with Gasteiger partial charge in [0.1, 0.15) is 33.5 Å². The Morgan fingerprint density at radius 1 is 0.259 bits per heavy atom. The molecule has 7 heteroatoms. The second-order valence-electron chi connectivity index (χ2n) is 21.4. The number of aryl methyl sites for hydroxylation is 2. The van der Waals surface area contributed by atoms with Crippen LogP contribution in [0, 0.1) is 13.8 Å². The molecule has 17 rings (SSSR count).